The number of aliphatic hydroxyl groups is 1. The summed E-state index contributed by atoms with van der Waals surface area (Å²) in [6.07, 6.45) is 7.68. The van der Waals surface area contributed by atoms with E-state index < -0.39 is 0 Å². The van der Waals surface area contributed by atoms with E-state index in [9.17, 15) is 5.26 Å². The van der Waals surface area contributed by atoms with Crippen LogP contribution >= 0.6 is 11.3 Å². The van der Waals surface area contributed by atoms with Crippen LogP contribution in [-0.4, -0.2) is 103 Å². The van der Waals surface area contributed by atoms with Crippen molar-refractivity contribution in [1.29, 1.82) is 5.26 Å². The molecule has 0 spiro atoms. The van der Waals surface area contributed by atoms with E-state index in [4.69, 9.17) is 44.7 Å². The average Bonchev–Trinajstić information content (AvgIpc) is 3.82. The molecule has 2 saturated heterocycles. The number of nitrogen functional groups attached to an aromatic ring is 1. The Morgan fingerprint density at radius 3 is 2.60 bits per heavy atom. The van der Waals surface area contributed by atoms with Gasteiger partial charge in [0, 0.05) is 62.2 Å². The summed E-state index contributed by atoms with van der Waals surface area (Å²) >= 11 is 1.54. The molecule has 2 fully saturated rings. The van der Waals surface area contributed by atoms with Gasteiger partial charge in [0.15, 0.2) is 0 Å². The molecular formula is C37H55N7O5S. The van der Waals surface area contributed by atoms with Gasteiger partial charge in [-0.25, -0.2) is 4.98 Å². The van der Waals surface area contributed by atoms with E-state index in [-0.39, 0.29) is 11.8 Å². The molecular weight excluding hydrogens is 655 g/mol. The first-order valence-electron chi connectivity index (χ1n) is 18.3. The zero-order chi connectivity index (χ0) is 35.8. The molecule has 3 atom stereocenters. The van der Waals surface area contributed by atoms with Gasteiger partial charge in [0.25, 0.3) is 0 Å². The Morgan fingerprint density at radius 2 is 1.94 bits per heavy atom. The summed E-state index contributed by atoms with van der Waals surface area (Å²) in [5, 5.41) is 22.3. The Labute approximate surface area is 300 Å². The highest BCUT2D eigenvalue weighted by Gasteiger charge is 2.38. The van der Waals surface area contributed by atoms with Crippen molar-refractivity contribution >= 4 is 16.3 Å². The number of aryl methyl sites for hydroxylation is 1. The Bertz CT molecular complexity index is 1600. The normalized spacial score (nSPS) is 21.9. The second-order valence-corrected chi connectivity index (χ2v) is 14.4. The number of anilines is 1. The number of nitrogens with two attached hydrogens (primary N) is 1. The number of ether oxygens (including phenoxy) is 3. The SMILES string of the molecule is CC.CCCc1c([C@H]2CCCc3sc(N)c(C#N)c32)noc1-c1nc(OC[C@@H]2CCCN2C)c2c(n1)[C@@H](CCOC)CN(C1COC1)C2.CO. The third kappa shape index (κ3) is 7.71. The number of methoxy groups -OCH3 is 1. The van der Waals surface area contributed by atoms with Crippen molar-refractivity contribution in [3.8, 4) is 23.5 Å². The van der Waals surface area contributed by atoms with Crippen LogP contribution in [0.3, 0.4) is 0 Å². The van der Waals surface area contributed by atoms with Crippen LogP contribution in [0.1, 0.15) is 110 Å². The summed E-state index contributed by atoms with van der Waals surface area (Å²) in [5.41, 5.74) is 11.9. The van der Waals surface area contributed by atoms with E-state index in [1.807, 2.05) is 13.8 Å². The van der Waals surface area contributed by atoms with E-state index in [2.05, 4.69) is 29.8 Å². The van der Waals surface area contributed by atoms with Crippen molar-refractivity contribution in [2.75, 3.05) is 66.5 Å². The molecule has 12 nitrogen and oxygen atoms in total. The molecule has 3 aromatic rings. The van der Waals surface area contributed by atoms with Crippen LogP contribution in [0.5, 0.6) is 5.88 Å². The van der Waals surface area contributed by atoms with Crippen molar-refractivity contribution in [3.05, 3.63) is 38.5 Å². The maximum Gasteiger partial charge on any atom is 0.221 e. The molecule has 0 radical (unpaired) electrons. The molecule has 0 saturated carbocycles. The Hall–Kier alpha value is -3.12. The fraction of sp³-hybridized carbons (Fsp3) is 0.676. The lowest BCUT2D eigenvalue weighted by atomic mass is 9.81. The van der Waals surface area contributed by atoms with Gasteiger partial charge in [-0.2, -0.15) is 10.2 Å². The fourth-order valence-electron chi connectivity index (χ4n) is 7.72. The van der Waals surface area contributed by atoms with Crippen molar-refractivity contribution in [1.82, 2.24) is 24.9 Å². The minimum atomic E-state index is -0.0371. The smallest absolute Gasteiger partial charge is 0.221 e. The van der Waals surface area contributed by atoms with Crippen molar-refractivity contribution < 1.29 is 23.8 Å². The molecule has 6 heterocycles. The number of likely N-dealkylation sites (tertiary alicyclic amines) is 1. The molecule has 1 aliphatic carbocycles. The lowest BCUT2D eigenvalue weighted by Crippen LogP contribution is -2.51. The Kier molecular flexibility index (Phi) is 13.6. The summed E-state index contributed by atoms with van der Waals surface area (Å²) in [5.74, 6) is 1.90. The largest absolute Gasteiger partial charge is 0.476 e. The standard InChI is InChI=1S/C34H45N7O4S.C2H6.CH4O/c1-4-7-24-30(23-9-5-10-27-28(23)25(14-35)32(36)46-27)39-45-31(24)33-37-29-20(11-13-42-3)15-41(22-17-43-18-22)16-26(29)34(38-33)44-19-21-8-6-12-40(21)2;2*1-2/h20-23H,4-13,15-19,36H2,1-3H3;1-2H3;2H,1H3/t20-,21-,23-;;/m0../s1. The minimum Gasteiger partial charge on any atom is -0.476 e. The Balaban J connectivity index is 0.00000117. The van der Waals surface area contributed by atoms with Crippen LogP contribution < -0.4 is 10.5 Å². The quantitative estimate of drug-likeness (QED) is 0.258. The highest BCUT2D eigenvalue weighted by atomic mass is 32.1. The number of rotatable bonds is 11. The second kappa shape index (κ2) is 17.9. The number of hydrogen-bond acceptors (Lipinski definition) is 13. The third-order valence-corrected chi connectivity index (χ3v) is 11.4. The Morgan fingerprint density at radius 1 is 1.14 bits per heavy atom. The summed E-state index contributed by atoms with van der Waals surface area (Å²) in [4.78, 5) is 16.5. The van der Waals surface area contributed by atoms with E-state index in [0.29, 0.717) is 53.3 Å². The highest BCUT2D eigenvalue weighted by Crippen LogP contribution is 2.47. The lowest BCUT2D eigenvalue weighted by Gasteiger charge is -2.42. The predicted octanol–water partition coefficient (Wildman–Crippen LogP) is 5.51. The molecule has 4 aliphatic rings. The zero-order valence-corrected chi connectivity index (χ0v) is 31.5. The third-order valence-electron chi connectivity index (χ3n) is 10.4. The lowest BCUT2D eigenvalue weighted by molar-refractivity contribution is -0.0733. The molecule has 274 valence electrons. The summed E-state index contributed by atoms with van der Waals surface area (Å²) in [6, 6.07) is 3.13. The number of nitriles is 1. The first kappa shape index (κ1) is 38.1. The van der Waals surface area contributed by atoms with Gasteiger partial charge in [-0.15, -0.1) is 11.3 Å². The first-order chi connectivity index (χ1) is 24.5. The molecule has 3 N–H and O–H groups in total. The zero-order valence-electron chi connectivity index (χ0n) is 30.7. The van der Waals surface area contributed by atoms with Gasteiger partial charge in [0.1, 0.15) is 17.7 Å². The maximum absolute atomic E-state index is 10.0. The number of likely N-dealkylation sites (N-methyl/N-ethyl adjacent to an activating group) is 1. The topological polar surface area (TPSA) is 156 Å². The van der Waals surface area contributed by atoms with Crippen molar-refractivity contribution in [2.45, 2.75) is 103 Å². The van der Waals surface area contributed by atoms with Gasteiger partial charge in [0.05, 0.1) is 41.8 Å². The molecule has 13 heteroatoms. The van der Waals surface area contributed by atoms with Crippen LogP contribution in [-0.2, 0) is 28.9 Å². The molecule has 0 bridgehead atoms. The molecule has 0 unspecified atom stereocenters. The van der Waals surface area contributed by atoms with E-state index >= 15 is 0 Å². The number of thiophene rings is 1. The highest BCUT2D eigenvalue weighted by molar-refractivity contribution is 7.16. The van der Waals surface area contributed by atoms with Crippen LogP contribution in [0.15, 0.2) is 4.52 Å². The molecule has 3 aromatic heterocycles. The summed E-state index contributed by atoms with van der Waals surface area (Å²) in [7, 11) is 4.92. The second-order valence-electron chi connectivity index (χ2n) is 13.3. The average molecular weight is 710 g/mol. The molecule has 7 rings (SSSR count). The van der Waals surface area contributed by atoms with Gasteiger partial charge < -0.3 is 34.5 Å². The van der Waals surface area contributed by atoms with Gasteiger partial charge in [-0.3, -0.25) is 4.90 Å². The van der Waals surface area contributed by atoms with Gasteiger partial charge >= 0.3 is 0 Å². The van der Waals surface area contributed by atoms with Gasteiger partial charge in [-0.05, 0) is 64.1 Å². The summed E-state index contributed by atoms with van der Waals surface area (Å²) < 4.78 is 24.0. The van der Waals surface area contributed by atoms with Gasteiger partial charge in [-0.1, -0.05) is 32.3 Å². The molecule has 0 amide bonds. The summed E-state index contributed by atoms with van der Waals surface area (Å²) in [6.45, 7) is 11.6. The monoisotopic (exact) mass is 709 g/mol. The number of aromatic nitrogens is 3. The first-order valence-corrected chi connectivity index (χ1v) is 19.1. The van der Waals surface area contributed by atoms with Gasteiger partial charge in [0.2, 0.25) is 17.5 Å². The van der Waals surface area contributed by atoms with Crippen molar-refractivity contribution in [2.24, 2.45) is 0 Å². The number of nitrogens with zero attached hydrogens (tertiary/aromatic N) is 6. The van der Waals surface area contributed by atoms with E-state index in [0.717, 1.165) is 113 Å². The van der Waals surface area contributed by atoms with Crippen LogP contribution in [0.4, 0.5) is 5.00 Å². The van der Waals surface area contributed by atoms with E-state index in [1.165, 1.54) is 11.3 Å². The molecule has 50 heavy (non-hydrogen) atoms. The minimum absolute atomic E-state index is 0.0371. The fourth-order valence-corrected chi connectivity index (χ4v) is 8.84. The van der Waals surface area contributed by atoms with Crippen molar-refractivity contribution in [3.63, 3.8) is 0 Å². The van der Waals surface area contributed by atoms with E-state index in [1.54, 1.807) is 18.4 Å². The number of fused-ring (bicyclic) bond motifs is 2. The number of hydrogen-bond donors (Lipinski definition) is 2. The van der Waals surface area contributed by atoms with Crippen LogP contribution in [0.25, 0.3) is 11.6 Å². The van der Waals surface area contributed by atoms with Crippen LogP contribution in [0.2, 0.25) is 0 Å². The predicted molar refractivity (Wildman–Crippen MR) is 195 cm³/mol. The molecule has 0 aromatic carbocycles. The van der Waals surface area contributed by atoms with Crippen LogP contribution in [0, 0.1) is 11.3 Å². The maximum atomic E-state index is 10.0. The molecule has 3 aliphatic heterocycles. The number of aliphatic hydroxyl groups excluding tert-OH is 1.